The molecule has 11 heteroatoms. The largest absolute Gasteiger partial charge is 0.346 e. The first-order valence-electron chi connectivity index (χ1n) is 11.4. The molecular formula is C23H31N3O8. The maximum absolute atomic E-state index is 12.7. The van der Waals surface area contributed by atoms with Gasteiger partial charge in [-0.2, -0.15) is 0 Å². The number of nitrogens with one attached hydrogen (secondary N) is 1. The van der Waals surface area contributed by atoms with Crippen molar-refractivity contribution in [1.82, 2.24) is 15.3 Å². The molecule has 0 spiro atoms. The van der Waals surface area contributed by atoms with Gasteiger partial charge in [-0.15, -0.1) is 5.06 Å². The fourth-order valence-corrected chi connectivity index (χ4v) is 3.60. The zero-order valence-electron chi connectivity index (χ0n) is 19.7. The smallest absolute Gasteiger partial charge is 0.336 e. The summed E-state index contributed by atoms with van der Waals surface area (Å²) >= 11 is 0. The van der Waals surface area contributed by atoms with E-state index in [1.54, 1.807) is 13.8 Å². The molecule has 11 nitrogen and oxygen atoms in total. The Morgan fingerprint density at radius 1 is 0.941 bits per heavy atom. The van der Waals surface area contributed by atoms with Crippen LogP contribution in [0.25, 0.3) is 0 Å². The number of imide groups is 2. The zero-order valence-corrected chi connectivity index (χ0v) is 19.7. The van der Waals surface area contributed by atoms with Gasteiger partial charge in [0.25, 0.3) is 23.6 Å². The minimum Gasteiger partial charge on any atom is -0.346 e. The molecule has 0 bridgehead atoms. The maximum atomic E-state index is 12.7. The fourth-order valence-electron chi connectivity index (χ4n) is 3.60. The highest BCUT2D eigenvalue weighted by Crippen LogP contribution is 2.17. The molecule has 2 aliphatic rings. The van der Waals surface area contributed by atoms with E-state index >= 15 is 0 Å². The minimum atomic E-state index is -0.905. The van der Waals surface area contributed by atoms with Crippen molar-refractivity contribution in [1.29, 1.82) is 0 Å². The van der Waals surface area contributed by atoms with Crippen molar-refractivity contribution >= 4 is 41.3 Å². The molecule has 0 radical (unpaired) electrons. The van der Waals surface area contributed by atoms with Crippen LogP contribution in [0.15, 0.2) is 12.2 Å². The van der Waals surface area contributed by atoms with Crippen molar-refractivity contribution in [2.24, 2.45) is 11.8 Å². The second-order valence-corrected chi connectivity index (χ2v) is 8.82. The van der Waals surface area contributed by atoms with Crippen molar-refractivity contribution < 1.29 is 38.4 Å². The normalized spacial score (nSPS) is 17.5. The number of Topliss-reactive ketones (excluding diaryl/α,β-unsaturated/α-hetero) is 1. The number of unbranched alkanes of at least 4 members (excludes halogenated alkanes) is 2. The second-order valence-electron chi connectivity index (χ2n) is 8.82. The van der Waals surface area contributed by atoms with E-state index in [4.69, 9.17) is 4.84 Å². The average Bonchev–Trinajstić information content (AvgIpc) is 3.26. The van der Waals surface area contributed by atoms with Crippen molar-refractivity contribution in [3.63, 3.8) is 0 Å². The van der Waals surface area contributed by atoms with Crippen LogP contribution in [-0.4, -0.2) is 63.8 Å². The van der Waals surface area contributed by atoms with E-state index in [1.807, 2.05) is 0 Å². The van der Waals surface area contributed by atoms with E-state index in [-0.39, 0.29) is 55.1 Å². The topological polar surface area (TPSA) is 147 Å². The molecule has 2 atom stereocenters. The van der Waals surface area contributed by atoms with E-state index in [2.05, 4.69) is 5.32 Å². The number of hydrogen-bond acceptors (Lipinski definition) is 8. The van der Waals surface area contributed by atoms with Crippen LogP contribution in [-0.2, 0) is 38.4 Å². The molecule has 2 aliphatic heterocycles. The number of hydroxylamine groups is 2. The first-order valence-corrected chi connectivity index (χ1v) is 11.4. The van der Waals surface area contributed by atoms with E-state index in [9.17, 15) is 33.6 Å². The molecule has 0 aromatic rings. The summed E-state index contributed by atoms with van der Waals surface area (Å²) in [5, 5.41) is 3.15. The Morgan fingerprint density at radius 2 is 1.53 bits per heavy atom. The van der Waals surface area contributed by atoms with Crippen LogP contribution >= 0.6 is 0 Å². The number of rotatable bonds is 13. The van der Waals surface area contributed by atoms with Gasteiger partial charge >= 0.3 is 5.97 Å². The molecule has 0 aromatic carbocycles. The van der Waals surface area contributed by atoms with Gasteiger partial charge in [0.15, 0.2) is 5.78 Å². The second kappa shape index (κ2) is 12.2. The van der Waals surface area contributed by atoms with Gasteiger partial charge in [-0.3, -0.25) is 33.7 Å². The Labute approximate surface area is 197 Å². The fraction of sp³-hybridized carbons (Fsp3) is 0.609. The van der Waals surface area contributed by atoms with Crippen LogP contribution < -0.4 is 5.32 Å². The van der Waals surface area contributed by atoms with E-state index in [1.165, 1.54) is 19.1 Å². The number of nitrogens with zero attached hydrogens (tertiary/aromatic N) is 2. The molecule has 0 saturated carbocycles. The highest BCUT2D eigenvalue weighted by Gasteiger charge is 2.35. The van der Waals surface area contributed by atoms with Gasteiger partial charge < -0.3 is 10.2 Å². The van der Waals surface area contributed by atoms with Crippen LogP contribution in [0.1, 0.15) is 65.7 Å². The minimum absolute atomic E-state index is 0.0212. The summed E-state index contributed by atoms with van der Waals surface area (Å²) < 4.78 is 0. The zero-order chi connectivity index (χ0) is 25.4. The summed E-state index contributed by atoms with van der Waals surface area (Å²) in [5.41, 5.74) is 0. The van der Waals surface area contributed by atoms with Crippen molar-refractivity contribution in [2.45, 2.75) is 71.8 Å². The van der Waals surface area contributed by atoms with Gasteiger partial charge in [0.2, 0.25) is 5.91 Å². The van der Waals surface area contributed by atoms with Crippen LogP contribution in [0.4, 0.5) is 0 Å². The maximum Gasteiger partial charge on any atom is 0.336 e. The molecule has 186 valence electrons. The first kappa shape index (κ1) is 26.9. The Morgan fingerprint density at radius 3 is 2.09 bits per heavy atom. The van der Waals surface area contributed by atoms with Gasteiger partial charge in [-0.25, -0.2) is 4.79 Å². The lowest BCUT2D eigenvalue weighted by molar-refractivity contribution is -0.200. The predicted octanol–water partition coefficient (Wildman–Crippen LogP) is 0.815. The van der Waals surface area contributed by atoms with Gasteiger partial charge in [0.1, 0.15) is 0 Å². The Kier molecular flexibility index (Phi) is 9.64. The van der Waals surface area contributed by atoms with Gasteiger partial charge in [-0.05, 0) is 18.8 Å². The van der Waals surface area contributed by atoms with Crippen LogP contribution in [0, 0.1) is 11.8 Å². The van der Waals surface area contributed by atoms with Gasteiger partial charge in [0.05, 0.1) is 12.0 Å². The van der Waals surface area contributed by atoms with Gasteiger partial charge in [-0.1, -0.05) is 27.2 Å². The van der Waals surface area contributed by atoms with E-state index < -0.39 is 29.7 Å². The monoisotopic (exact) mass is 477 g/mol. The molecule has 2 rings (SSSR count). The van der Waals surface area contributed by atoms with Crippen LogP contribution in [0.5, 0.6) is 0 Å². The lowest BCUT2D eigenvalue weighted by Gasteiger charge is -2.23. The summed E-state index contributed by atoms with van der Waals surface area (Å²) in [6, 6.07) is -0.802. The lowest BCUT2D eigenvalue weighted by Crippen LogP contribution is -2.45. The quantitative estimate of drug-likeness (QED) is 0.303. The van der Waals surface area contributed by atoms with Crippen LogP contribution in [0.3, 0.4) is 0 Å². The highest BCUT2D eigenvalue weighted by molar-refractivity contribution is 6.12. The van der Waals surface area contributed by atoms with Crippen molar-refractivity contribution in [2.75, 3.05) is 6.54 Å². The molecule has 1 fully saturated rings. The summed E-state index contributed by atoms with van der Waals surface area (Å²) in [6.07, 6.45) is 4.09. The summed E-state index contributed by atoms with van der Waals surface area (Å²) in [6.45, 7) is 5.29. The van der Waals surface area contributed by atoms with E-state index in [0.29, 0.717) is 30.9 Å². The van der Waals surface area contributed by atoms with Crippen molar-refractivity contribution in [3.05, 3.63) is 12.2 Å². The molecule has 0 aromatic heterocycles. The molecule has 0 aliphatic carbocycles. The van der Waals surface area contributed by atoms with Crippen LogP contribution in [0.2, 0.25) is 0 Å². The summed E-state index contributed by atoms with van der Waals surface area (Å²) in [5.74, 6) is -4.53. The molecule has 1 N–H and O–H groups in total. The standard InChI is InChI=1S/C23H31N3O8/c1-14(2)22(16(27)13-15(3)23(33)34-26-20(31)10-11-21(26)32)24-17(28)7-5-4-6-12-25-18(29)8-9-19(25)30/h8-9,14-15,22H,4-7,10-13H2,1-3H3,(H,24,28)/t15-,22+/m1/s1. The molecular weight excluding hydrogens is 446 g/mol. The number of ketones is 1. The first-order chi connectivity index (χ1) is 16.0. The van der Waals surface area contributed by atoms with E-state index in [0.717, 1.165) is 4.90 Å². The Hall–Kier alpha value is -3.37. The SMILES string of the molecule is CC(C)[C@H](NC(=O)CCCCCN1C(=O)C=CC1=O)C(=O)C[C@@H](C)C(=O)ON1C(=O)CCC1=O. The van der Waals surface area contributed by atoms with Gasteiger partial charge in [0, 0.05) is 44.4 Å². The number of amides is 5. The Balaban J connectivity index is 1.74. The molecule has 5 amide bonds. The third kappa shape index (κ3) is 7.32. The molecule has 0 unspecified atom stereocenters. The number of carbonyl (C=O) groups excluding carboxylic acids is 7. The third-order valence-electron chi connectivity index (χ3n) is 5.61. The highest BCUT2D eigenvalue weighted by atomic mass is 16.7. The molecule has 34 heavy (non-hydrogen) atoms. The predicted molar refractivity (Wildman–Crippen MR) is 117 cm³/mol. The average molecular weight is 478 g/mol. The molecule has 2 heterocycles. The molecule has 1 saturated heterocycles. The summed E-state index contributed by atoms with van der Waals surface area (Å²) in [7, 11) is 0. The number of carbonyl (C=O) groups is 7. The third-order valence-corrected chi connectivity index (χ3v) is 5.61. The Bertz CT molecular complexity index is 861. The summed E-state index contributed by atoms with van der Waals surface area (Å²) in [4.78, 5) is 89.5. The van der Waals surface area contributed by atoms with Crippen molar-refractivity contribution in [3.8, 4) is 0 Å². The lowest BCUT2D eigenvalue weighted by atomic mass is 9.93. The number of hydrogen-bond donors (Lipinski definition) is 1.